The van der Waals surface area contributed by atoms with Gasteiger partial charge < -0.3 is 20.1 Å². The Kier molecular flexibility index (Phi) is 3.17. The second kappa shape index (κ2) is 5.01. The van der Waals surface area contributed by atoms with Gasteiger partial charge in [0.2, 0.25) is 0 Å². The molecule has 0 aliphatic carbocycles. The van der Waals surface area contributed by atoms with Gasteiger partial charge in [0.15, 0.2) is 0 Å². The lowest BCUT2D eigenvalue weighted by molar-refractivity contribution is 0.0640. The third-order valence-corrected chi connectivity index (χ3v) is 3.88. The lowest BCUT2D eigenvalue weighted by atomic mass is 9.99. The largest absolute Gasteiger partial charge is 0.465 e. The van der Waals surface area contributed by atoms with Crippen LogP contribution in [0, 0.1) is 0 Å². The van der Waals surface area contributed by atoms with Crippen LogP contribution in [0.5, 0.6) is 0 Å². The van der Waals surface area contributed by atoms with E-state index >= 15 is 0 Å². The molecule has 0 spiro atoms. The van der Waals surface area contributed by atoms with E-state index in [1.807, 2.05) is 24.3 Å². The molecule has 0 saturated carbocycles. The minimum Gasteiger partial charge on any atom is -0.465 e. The van der Waals surface area contributed by atoms with Crippen molar-refractivity contribution in [3.63, 3.8) is 0 Å². The molecule has 1 aliphatic rings. The second-order valence-corrected chi connectivity index (χ2v) is 5.01. The Morgan fingerprint density at radius 2 is 1.95 bits per heavy atom. The number of rotatable bonds is 1. The molecule has 1 aromatic heterocycles. The highest BCUT2D eigenvalue weighted by Crippen LogP contribution is 2.31. The molecule has 0 bridgehead atoms. The molecule has 7 heteroatoms. The van der Waals surface area contributed by atoms with Crippen LogP contribution in [0.4, 0.5) is 9.59 Å². The number of carboxylic acid groups (broad SMARTS) is 2. The molecule has 1 aromatic carbocycles. The Hall–Kier alpha value is -2.70. The van der Waals surface area contributed by atoms with Gasteiger partial charge in [-0.05, 0) is 17.7 Å². The van der Waals surface area contributed by atoms with Crippen LogP contribution in [-0.4, -0.2) is 56.8 Å². The molecule has 2 aromatic rings. The quantitative estimate of drug-likeness (QED) is 0.749. The van der Waals surface area contributed by atoms with Gasteiger partial charge in [-0.1, -0.05) is 12.1 Å². The Balaban J connectivity index is 2.04. The van der Waals surface area contributed by atoms with Crippen molar-refractivity contribution in [1.82, 2.24) is 14.8 Å². The average molecular weight is 289 g/mol. The first kappa shape index (κ1) is 13.3. The number of nitrogens with one attached hydrogen (secondary N) is 1. The molecule has 1 aliphatic heterocycles. The third-order valence-electron chi connectivity index (χ3n) is 3.88. The van der Waals surface area contributed by atoms with Crippen molar-refractivity contribution in [2.45, 2.75) is 6.04 Å². The lowest BCUT2D eigenvalue weighted by Gasteiger charge is -2.39. The van der Waals surface area contributed by atoms with Gasteiger partial charge in [0, 0.05) is 36.7 Å². The fourth-order valence-corrected chi connectivity index (χ4v) is 2.85. The van der Waals surface area contributed by atoms with Gasteiger partial charge in [0.25, 0.3) is 0 Å². The summed E-state index contributed by atoms with van der Waals surface area (Å²) in [5, 5.41) is 19.4. The van der Waals surface area contributed by atoms with E-state index in [2.05, 4.69) is 4.98 Å². The van der Waals surface area contributed by atoms with Crippen LogP contribution in [0.1, 0.15) is 11.6 Å². The number of carbonyl (C=O) groups is 2. The molecule has 1 unspecified atom stereocenters. The molecule has 7 nitrogen and oxygen atoms in total. The molecule has 21 heavy (non-hydrogen) atoms. The summed E-state index contributed by atoms with van der Waals surface area (Å²) in [6.07, 6.45) is -0.263. The maximum atomic E-state index is 11.4. The van der Waals surface area contributed by atoms with E-state index < -0.39 is 18.2 Å². The Labute approximate surface area is 120 Å². The molecule has 2 amide bonds. The highest BCUT2D eigenvalue weighted by atomic mass is 16.4. The summed E-state index contributed by atoms with van der Waals surface area (Å²) in [7, 11) is 0. The van der Waals surface area contributed by atoms with Gasteiger partial charge in [0.05, 0.1) is 6.04 Å². The van der Waals surface area contributed by atoms with Crippen molar-refractivity contribution in [2.24, 2.45) is 0 Å². The number of hydrogen-bond donors (Lipinski definition) is 3. The number of fused-ring (bicyclic) bond motifs is 1. The summed E-state index contributed by atoms with van der Waals surface area (Å²) in [5.74, 6) is 0. The molecule has 3 N–H and O–H groups in total. The Morgan fingerprint density at radius 3 is 2.67 bits per heavy atom. The molecule has 2 heterocycles. The topological polar surface area (TPSA) is 96.9 Å². The molecular formula is C14H15N3O4. The number of H-pyrrole nitrogens is 1. The molecule has 110 valence electrons. The van der Waals surface area contributed by atoms with Gasteiger partial charge in [0.1, 0.15) is 0 Å². The predicted octanol–water partition coefficient (Wildman–Crippen LogP) is 2.18. The predicted molar refractivity (Wildman–Crippen MR) is 75.4 cm³/mol. The maximum Gasteiger partial charge on any atom is 0.407 e. The highest BCUT2D eigenvalue weighted by Gasteiger charge is 2.34. The van der Waals surface area contributed by atoms with E-state index in [0.717, 1.165) is 16.5 Å². The van der Waals surface area contributed by atoms with Gasteiger partial charge in [-0.3, -0.25) is 4.90 Å². The lowest BCUT2D eigenvalue weighted by Crippen LogP contribution is -2.51. The minimum atomic E-state index is -1.03. The number of amides is 2. The second-order valence-electron chi connectivity index (χ2n) is 5.01. The zero-order chi connectivity index (χ0) is 15.0. The van der Waals surface area contributed by atoms with Crippen LogP contribution >= 0.6 is 0 Å². The fourth-order valence-electron chi connectivity index (χ4n) is 2.85. The monoisotopic (exact) mass is 289 g/mol. The van der Waals surface area contributed by atoms with Crippen LogP contribution in [0.25, 0.3) is 10.9 Å². The number of nitrogens with zero attached hydrogens (tertiary/aromatic N) is 2. The zero-order valence-corrected chi connectivity index (χ0v) is 11.2. The van der Waals surface area contributed by atoms with Crippen molar-refractivity contribution < 1.29 is 19.8 Å². The average Bonchev–Trinajstić information content (AvgIpc) is 2.94. The molecule has 1 atom stereocenters. The van der Waals surface area contributed by atoms with Crippen molar-refractivity contribution in [2.75, 3.05) is 19.6 Å². The molecule has 0 radical (unpaired) electrons. The van der Waals surface area contributed by atoms with E-state index in [4.69, 9.17) is 5.11 Å². The van der Waals surface area contributed by atoms with Crippen LogP contribution in [0.15, 0.2) is 30.5 Å². The summed E-state index contributed by atoms with van der Waals surface area (Å²) in [5.41, 5.74) is 1.73. The summed E-state index contributed by atoms with van der Waals surface area (Å²) >= 11 is 0. The molecular weight excluding hydrogens is 274 g/mol. The molecule has 1 fully saturated rings. The smallest absolute Gasteiger partial charge is 0.407 e. The Morgan fingerprint density at radius 1 is 1.14 bits per heavy atom. The molecule has 1 saturated heterocycles. The summed E-state index contributed by atoms with van der Waals surface area (Å²) in [6.45, 7) is 0.514. The van der Waals surface area contributed by atoms with E-state index in [1.165, 1.54) is 9.80 Å². The first-order valence-electron chi connectivity index (χ1n) is 6.61. The third kappa shape index (κ3) is 2.26. The summed E-state index contributed by atoms with van der Waals surface area (Å²) in [6, 6.07) is 6.98. The van der Waals surface area contributed by atoms with Gasteiger partial charge in [-0.15, -0.1) is 0 Å². The van der Waals surface area contributed by atoms with Crippen LogP contribution < -0.4 is 0 Å². The van der Waals surface area contributed by atoms with E-state index in [0.29, 0.717) is 0 Å². The molecule has 3 rings (SSSR count). The van der Waals surface area contributed by atoms with Crippen LogP contribution in [0.2, 0.25) is 0 Å². The van der Waals surface area contributed by atoms with Crippen molar-refractivity contribution in [3.05, 3.63) is 36.0 Å². The maximum absolute atomic E-state index is 11.4. The normalized spacial score (nSPS) is 19.0. The van der Waals surface area contributed by atoms with Crippen molar-refractivity contribution >= 4 is 23.1 Å². The van der Waals surface area contributed by atoms with Gasteiger partial charge >= 0.3 is 12.2 Å². The first-order valence-corrected chi connectivity index (χ1v) is 6.61. The summed E-state index contributed by atoms with van der Waals surface area (Å²) in [4.78, 5) is 28.3. The minimum absolute atomic E-state index is 0.145. The number of aromatic amines is 1. The van der Waals surface area contributed by atoms with E-state index in [-0.39, 0.29) is 19.6 Å². The van der Waals surface area contributed by atoms with Gasteiger partial charge in [-0.2, -0.15) is 0 Å². The zero-order valence-electron chi connectivity index (χ0n) is 11.2. The van der Waals surface area contributed by atoms with Crippen LogP contribution in [-0.2, 0) is 0 Å². The van der Waals surface area contributed by atoms with Crippen molar-refractivity contribution in [1.29, 1.82) is 0 Å². The number of aromatic nitrogens is 1. The summed E-state index contributed by atoms with van der Waals surface area (Å²) < 4.78 is 0. The van der Waals surface area contributed by atoms with Crippen molar-refractivity contribution in [3.8, 4) is 0 Å². The van der Waals surface area contributed by atoms with Crippen LogP contribution in [0.3, 0.4) is 0 Å². The first-order chi connectivity index (χ1) is 10.1. The Bertz CT molecular complexity index is 696. The number of benzene rings is 1. The fraction of sp³-hybridized carbons (Fsp3) is 0.286. The standard InChI is InChI=1S/C14H15N3O4/c18-13(19)16-6-7-17(14(20)21)12(8-16)10-2-1-3-11-9(10)4-5-15-11/h1-5,12,15H,6-8H2,(H,18,19)(H,20,21). The van der Waals surface area contributed by atoms with E-state index in [1.54, 1.807) is 6.20 Å². The highest BCUT2D eigenvalue weighted by molar-refractivity contribution is 5.84. The van der Waals surface area contributed by atoms with Gasteiger partial charge in [-0.25, -0.2) is 9.59 Å². The number of piperazine rings is 1. The van der Waals surface area contributed by atoms with E-state index in [9.17, 15) is 14.7 Å². The SMILES string of the molecule is O=C(O)N1CCN(C(=O)O)C(c2cccc3[nH]ccc23)C1. The number of hydrogen-bond acceptors (Lipinski definition) is 2.